The van der Waals surface area contributed by atoms with Crippen molar-refractivity contribution >= 4 is 22.1 Å². The molecule has 0 aliphatic carbocycles. The summed E-state index contributed by atoms with van der Waals surface area (Å²) in [4.78, 5) is 5.86. The smallest absolute Gasteiger partial charge is 0.207 e. The molecule has 0 spiro atoms. The molecule has 1 aromatic carbocycles. The van der Waals surface area contributed by atoms with Crippen LogP contribution in [-0.4, -0.2) is 16.3 Å². The molecular formula is C15H13NO3S2. The zero-order valence-electron chi connectivity index (χ0n) is 11.3. The Bertz CT molecular complexity index is 750. The molecule has 0 saturated heterocycles. The molecule has 2 heterocycles. The van der Waals surface area contributed by atoms with Crippen molar-refractivity contribution in [2.45, 2.75) is 10.6 Å². The normalized spacial score (nSPS) is 12.2. The van der Waals surface area contributed by atoms with Crippen LogP contribution in [0, 0.1) is 0 Å². The summed E-state index contributed by atoms with van der Waals surface area (Å²) in [6, 6.07) is 11.2. The fourth-order valence-corrected chi connectivity index (χ4v) is 3.70. The van der Waals surface area contributed by atoms with Crippen LogP contribution in [0.15, 0.2) is 57.3 Å². The fourth-order valence-electron chi connectivity index (χ4n) is 1.91. The molecule has 21 heavy (non-hydrogen) atoms. The summed E-state index contributed by atoms with van der Waals surface area (Å²) in [7, 11) is 0.308. The Morgan fingerprint density at radius 1 is 1.29 bits per heavy atom. The number of hydrogen-bond donors (Lipinski definition) is 0. The monoisotopic (exact) mass is 319 g/mol. The lowest BCUT2D eigenvalue weighted by atomic mass is 10.3. The van der Waals surface area contributed by atoms with Crippen molar-refractivity contribution in [3.63, 3.8) is 0 Å². The molecular weight excluding hydrogens is 306 g/mol. The summed E-state index contributed by atoms with van der Waals surface area (Å²) in [5.41, 5.74) is 0. The number of hydrogen-bond acceptors (Lipinski definition) is 5. The molecule has 0 amide bonds. The number of rotatable bonds is 5. The van der Waals surface area contributed by atoms with Gasteiger partial charge in [-0.15, -0.1) is 11.3 Å². The molecule has 6 heteroatoms. The number of oxazole rings is 1. The maximum atomic E-state index is 12.4. The molecule has 0 radical (unpaired) electrons. The van der Waals surface area contributed by atoms with Crippen LogP contribution in [0.1, 0.15) is 5.89 Å². The van der Waals surface area contributed by atoms with Gasteiger partial charge in [0.1, 0.15) is 11.5 Å². The minimum absolute atomic E-state index is 0.228. The Balaban J connectivity index is 1.79. The largest absolute Gasteiger partial charge is 0.495 e. The average molecular weight is 319 g/mol. The molecule has 0 unspecified atom stereocenters. The molecule has 0 aliphatic heterocycles. The lowest BCUT2D eigenvalue weighted by molar-refractivity contribution is 0.404. The second-order valence-corrected chi connectivity index (χ2v) is 6.60. The van der Waals surface area contributed by atoms with Gasteiger partial charge in [-0.05, 0) is 23.6 Å². The minimum atomic E-state index is -1.26. The third kappa shape index (κ3) is 3.06. The van der Waals surface area contributed by atoms with E-state index in [9.17, 15) is 4.21 Å². The maximum Gasteiger partial charge on any atom is 0.207 e. The van der Waals surface area contributed by atoms with Crippen molar-refractivity contribution in [2.24, 2.45) is 0 Å². The van der Waals surface area contributed by atoms with Gasteiger partial charge in [0.15, 0.2) is 5.76 Å². The van der Waals surface area contributed by atoms with Crippen molar-refractivity contribution in [3.05, 3.63) is 53.9 Å². The Morgan fingerprint density at radius 3 is 2.90 bits per heavy atom. The zero-order chi connectivity index (χ0) is 14.7. The van der Waals surface area contributed by atoms with E-state index in [2.05, 4.69) is 4.98 Å². The van der Waals surface area contributed by atoms with E-state index in [-0.39, 0.29) is 5.75 Å². The summed E-state index contributed by atoms with van der Waals surface area (Å²) >= 11 is 1.58. The molecule has 0 bridgehead atoms. The van der Waals surface area contributed by atoms with Crippen molar-refractivity contribution in [1.82, 2.24) is 4.98 Å². The highest BCUT2D eigenvalue weighted by Crippen LogP contribution is 2.27. The van der Waals surface area contributed by atoms with E-state index in [4.69, 9.17) is 9.15 Å². The van der Waals surface area contributed by atoms with Crippen molar-refractivity contribution in [1.29, 1.82) is 0 Å². The Kier molecular flexibility index (Phi) is 4.17. The van der Waals surface area contributed by atoms with Gasteiger partial charge in [0, 0.05) is 0 Å². The van der Waals surface area contributed by atoms with Crippen LogP contribution < -0.4 is 4.74 Å². The van der Waals surface area contributed by atoms with E-state index in [1.165, 1.54) is 0 Å². The molecule has 0 fully saturated rings. The van der Waals surface area contributed by atoms with Gasteiger partial charge in [-0.2, -0.15) is 0 Å². The van der Waals surface area contributed by atoms with Crippen LogP contribution >= 0.6 is 11.3 Å². The first-order valence-electron chi connectivity index (χ1n) is 6.28. The lowest BCUT2D eigenvalue weighted by Crippen LogP contribution is -1.99. The molecule has 4 nitrogen and oxygen atoms in total. The van der Waals surface area contributed by atoms with Crippen LogP contribution in [0.5, 0.6) is 5.75 Å². The predicted molar refractivity (Wildman–Crippen MR) is 82.9 cm³/mol. The summed E-state index contributed by atoms with van der Waals surface area (Å²) < 4.78 is 23.3. The summed E-state index contributed by atoms with van der Waals surface area (Å²) in [5, 5.41) is 1.98. The minimum Gasteiger partial charge on any atom is -0.495 e. The highest BCUT2D eigenvalue weighted by molar-refractivity contribution is 7.84. The van der Waals surface area contributed by atoms with E-state index in [1.54, 1.807) is 36.8 Å². The van der Waals surface area contributed by atoms with E-state index in [1.807, 2.05) is 29.6 Å². The van der Waals surface area contributed by atoms with Crippen LogP contribution in [0.2, 0.25) is 0 Å². The maximum absolute atomic E-state index is 12.4. The highest BCUT2D eigenvalue weighted by Gasteiger charge is 2.14. The molecule has 0 saturated carbocycles. The van der Waals surface area contributed by atoms with Crippen LogP contribution in [0.4, 0.5) is 0 Å². The molecule has 2 aromatic heterocycles. The molecule has 3 rings (SSSR count). The predicted octanol–water partition coefficient (Wildman–Crippen LogP) is 3.72. The molecule has 0 aliphatic rings. The second kappa shape index (κ2) is 6.24. The third-order valence-electron chi connectivity index (χ3n) is 2.89. The summed E-state index contributed by atoms with van der Waals surface area (Å²) in [6.07, 6.45) is 1.67. The number of para-hydroxylation sites is 1. The Labute approximate surface area is 128 Å². The third-order valence-corrected chi connectivity index (χ3v) is 5.11. The Morgan fingerprint density at radius 2 is 2.14 bits per heavy atom. The zero-order valence-corrected chi connectivity index (χ0v) is 12.9. The van der Waals surface area contributed by atoms with Gasteiger partial charge in [0.05, 0.1) is 33.9 Å². The first kappa shape index (κ1) is 14.0. The number of benzene rings is 1. The molecule has 3 aromatic rings. The average Bonchev–Trinajstić information content (AvgIpc) is 3.17. The Hall–Kier alpha value is -1.92. The number of aromatic nitrogens is 1. The first-order chi connectivity index (χ1) is 10.3. The topological polar surface area (TPSA) is 52.3 Å². The fraction of sp³-hybridized carbons (Fsp3) is 0.133. The number of thiophene rings is 1. The summed E-state index contributed by atoms with van der Waals surface area (Å²) in [5.74, 6) is 2.01. The van der Waals surface area contributed by atoms with Gasteiger partial charge in [-0.3, -0.25) is 4.21 Å². The first-order valence-corrected chi connectivity index (χ1v) is 8.48. The van der Waals surface area contributed by atoms with E-state index < -0.39 is 10.8 Å². The number of ether oxygens (including phenoxy) is 1. The van der Waals surface area contributed by atoms with Gasteiger partial charge >= 0.3 is 0 Å². The highest BCUT2D eigenvalue weighted by atomic mass is 32.2. The number of nitrogens with zero attached hydrogens (tertiary/aromatic N) is 1. The van der Waals surface area contributed by atoms with Crippen molar-refractivity contribution < 1.29 is 13.4 Å². The molecule has 1 atom stereocenters. The standard InChI is InChI=1S/C15H13NO3S2/c1-18-11-5-2-3-7-14(11)21(17)10-15-16-9-12(19-15)13-6-4-8-20-13/h2-9H,10H2,1H3/t21-/m1/s1. The van der Waals surface area contributed by atoms with Crippen molar-refractivity contribution in [3.8, 4) is 16.4 Å². The van der Waals surface area contributed by atoms with Crippen LogP contribution in [-0.2, 0) is 16.6 Å². The van der Waals surface area contributed by atoms with Gasteiger partial charge < -0.3 is 9.15 Å². The van der Waals surface area contributed by atoms with Gasteiger partial charge in [-0.25, -0.2) is 4.98 Å². The van der Waals surface area contributed by atoms with Gasteiger partial charge in [0.2, 0.25) is 5.89 Å². The van der Waals surface area contributed by atoms with Gasteiger partial charge in [0.25, 0.3) is 0 Å². The van der Waals surface area contributed by atoms with Gasteiger partial charge in [-0.1, -0.05) is 18.2 Å². The summed E-state index contributed by atoms with van der Waals surface area (Å²) in [6.45, 7) is 0. The number of methoxy groups -OCH3 is 1. The van der Waals surface area contributed by atoms with Crippen LogP contribution in [0.25, 0.3) is 10.6 Å². The van der Waals surface area contributed by atoms with E-state index in [0.717, 1.165) is 4.88 Å². The molecule has 108 valence electrons. The van der Waals surface area contributed by atoms with E-state index in [0.29, 0.717) is 22.3 Å². The molecule has 0 N–H and O–H groups in total. The van der Waals surface area contributed by atoms with Crippen LogP contribution in [0.3, 0.4) is 0 Å². The quantitative estimate of drug-likeness (QED) is 0.719. The SMILES string of the molecule is COc1ccccc1[S@](=O)Cc1ncc(-c2cccs2)o1. The van der Waals surface area contributed by atoms with E-state index >= 15 is 0 Å². The van der Waals surface area contributed by atoms with Crippen molar-refractivity contribution in [2.75, 3.05) is 7.11 Å². The lowest BCUT2D eigenvalue weighted by Gasteiger charge is -2.06. The second-order valence-electron chi connectivity index (χ2n) is 4.24.